The van der Waals surface area contributed by atoms with E-state index < -0.39 is 0 Å². The van der Waals surface area contributed by atoms with Gasteiger partial charge in [-0.1, -0.05) is 12.8 Å². The lowest BCUT2D eigenvalue weighted by molar-refractivity contribution is -0.130. The van der Waals surface area contributed by atoms with Crippen LogP contribution in [0.1, 0.15) is 57.8 Å². The molecule has 116 valence electrons. The minimum atomic E-state index is -0.0990. The van der Waals surface area contributed by atoms with E-state index in [0.29, 0.717) is 25.0 Å². The fraction of sp³-hybridized carbons (Fsp3) is 0.882. The summed E-state index contributed by atoms with van der Waals surface area (Å²) in [5, 5.41) is 3.30. The van der Waals surface area contributed by atoms with Crippen molar-refractivity contribution in [3.8, 4) is 0 Å². The third-order valence-corrected chi connectivity index (χ3v) is 5.86. The van der Waals surface area contributed by atoms with Crippen LogP contribution in [0.5, 0.6) is 0 Å². The van der Waals surface area contributed by atoms with E-state index in [4.69, 9.17) is 0 Å². The van der Waals surface area contributed by atoms with E-state index in [1.165, 1.54) is 38.5 Å². The predicted octanol–water partition coefficient (Wildman–Crippen LogP) is 2.08. The molecule has 0 aromatic carbocycles. The Morgan fingerprint density at radius 2 is 1.67 bits per heavy atom. The Morgan fingerprint density at radius 3 is 2.24 bits per heavy atom. The second-order valence-corrected chi connectivity index (χ2v) is 7.59. The average molecular weight is 290 g/mol. The number of carbonyl (C=O) groups is 2. The molecule has 4 fully saturated rings. The Kier molecular flexibility index (Phi) is 3.43. The smallest absolute Gasteiger partial charge is 0.225 e. The molecule has 1 atom stereocenters. The molecule has 3 saturated carbocycles. The number of amides is 2. The van der Waals surface area contributed by atoms with E-state index >= 15 is 0 Å². The Morgan fingerprint density at radius 1 is 1.05 bits per heavy atom. The summed E-state index contributed by atoms with van der Waals surface area (Å²) in [4.78, 5) is 26.7. The second kappa shape index (κ2) is 5.29. The minimum Gasteiger partial charge on any atom is -0.353 e. The molecule has 1 saturated heterocycles. The second-order valence-electron chi connectivity index (χ2n) is 7.59. The maximum atomic E-state index is 12.5. The van der Waals surface area contributed by atoms with Crippen molar-refractivity contribution < 1.29 is 9.59 Å². The minimum absolute atomic E-state index is 0.0990. The summed E-state index contributed by atoms with van der Waals surface area (Å²) in [6.07, 6.45) is 10.3. The van der Waals surface area contributed by atoms with Crippen molar-refractivity contribution in [1.29, 1.82) is 0 Å². The first-order chi connectivity index (χ1) is 10.2. The van der Waals surface area contributed by atoms with Gasteiger partial charge in [-0.3, -0.25) is 9.59 Å². The zero-order chi connectivity index (χ0) is 14.4. The fourth-order valence-electron chi connectivity index (χ4n) is 4.29. The van der Waals surface area contributed by atoms with Crippen molar-refractivity contribution in [2.75, 3.05) is 6.54 Å². The lowest BCUT2D eigenvalue weighted by Gasteiger charge is -2.24. The molecular formula is C17H26N2O2. The van der Waals surface area contributed by atoms with Crippen molar-refractivity contribution >= 4 is 11.8 Å². The number of carbonyl (C=O) groups excluding carboxylic acids is 2. The normalized spacial score (nSPS) is 30.4. The number of nitrogens with zero attached hydrogens (tertiary/aromatic N) is 1. The molecule has 1 N–H and O–H groups in total. The van der Waals surface area contributed by atoms with Gasteiger partial charge in [-0.15, -0.1) is 0 Å². The molecule has 4 heteroatoms. The molecule has 2 amide bonds. The SMILES string of the molecule is O=C(NC(C1CC1)C1CC1)[C@H]1CC(=O)N(C2CCCC2)C1. The average Bonchev–Trinajstić information content (AvgIpc) is 3.39. The third-order valence-electron chi connectivity index (χ3n) is 5.86. The van der Waals surface area contributed by atoms with E-state index in [0.717, 1.165) is 24.7 Å². The molecular weight excluding hydrogens is 264 g/mol. The third kappa shape index (κ3) is 2.82. The topological polar surface area (TPSA) is 49.4 Å². The van der Waals surface area contributed by atoms with Gasteiger partial charge in [-0.05, 0) is 50.4 Å². The number of hydrogen-bond donors (Lipinski definition) is 1. The molecule has 21 heavy (non-hydrogen) atoms. The largest absolute Gasteiger partial charge is 0.353 e. The quantitative estimate of drug-likeness (QED) is 0.843. The first kappa shape index (κ1) is 13.6. The molecule has 4 rings (SSSR count). The highest BCUT2D eigenvalue weighted by molar-refractivity contribution is 5.89. The van der Waals surface area contributed by atoms with Crippen LogP contribution in [0.15, 0.2) is 0 Å². The van der Waals surface area contributed by atoms with Crippen LogP contribution in [0, 0.1) is 17.8 Å². The Labute approximate surface area is 126 Å². The Hall–Kier alpha value is -1.06. The zero-order valence-corrected chi connectivity index (χ0v) is 12.7. The highest BCUT2D eigenvalue weighted by Crippen LogP contribution is 2.44. The first-order valence-corrected chi connectivity index (χ1v) is 8.82. The van der Waals surface area contributed by atoms with E-state index in [2.05, 4.69) is 5.32 Å². The first-order valence-electron chi connectivity index (χ1n) is 8.82. The van der Waals surface area contributed by atoms with Crippen LogP contribution in [-0.4, -0.2) is 35.3 Å². The van der Waals surface area contributed by atoms with E-state index in [-0.39, 0.29) is 17.7 Å². The van der Waals surface area contributed by atoms with Crippen molar-refractivity contribution in [2.45, 2.75) is 69.9 Å². The summed E-state index contributed by atoms with van der Waals surface area (Å²) in [5.74, 6) is 1.70. The van der Waals surface area contributed by atoms with Gasteiger partial charge < -0.3 is 10.2 Å². The van der Waals surface area contributed by atoms with Gasteiger partial charge in [0.1, 0.15) is 0 Å². The van der Waals surface area contributed by atoms with Gasteiger partial charge >= 0.3 is 0 Å². The zero-order valence-electron chi connectivity index (χ0n) is 12.7. The van der Waals surface area contributed by atoms with Crippen molar-refractivity contribution in [3.05, 3.63) is 0 Å². The van der Waals surface area contributed by atoms with Gasteiger partial charge in [0.2, 0.25) is 11.8 Å². The van der Waals surface area contributed by atoms with Crippen LogP contribution >= 0.6 is 0 Å². The molecule has 0 aromatic rings. The van der Waals surface area contributed by atoms with Crippen molar-refractivity contribution in [2.24, 2.45) is 17.8 Å². The molecule has 0 unspecified atom stereocenters. The summed E-state index contributed by atoms with van der Waals surface area (Å²) < 4.78 is 0. The number of hydrogen-bond acceptors (Lipinski definition) is 2. The fourth-order valence-corrected chi connectivity index (χ4v) is 4.29. The maximum absolute atomic E-state index is 12.5. The number of likely N-dealkylation sites (tertiary alicyclic amines) is 1. The van der Waals surface area contributed by atoms with Crippen LogP contribution in [0.2, 0.25) is 0 Å². The van der Waals surface area contributed by atoms with Crippen molar-refractivity contribution in [3.63, 3.8) is 0 Å². The molecule has 4 nitrogen and oxygen atoms in total. The van der Waals surface area contributed by atoms with Gasteiger partial charge in [-0.2, -0.15) is 0 Å². The van der Waals surface area contributed by atoms with E-state index in [1.807, 2.05) is 4.90 Å². The Bertz CT molecular complexity index is 424. The predicted molar refractivity (Wildman–Crippen MR) is 79.5 cm³/mol. The molecule has 4 aliphatic rings. The van der Waals surface area contributed by atoms with Crippen LogP contribution < -0.4 is 5.32 Å². The highest BCUT2D eigenvalue weighted by atomic mass is 16.2. The van der Waals surface area contributed by atoms with Crippen LogP contribution in [0.3, 0.4) is 0 Å². The summed E-state index contributed by atoms with van der Waals surface area (Å²) in [7, 11) is 0. The lowest BCUT2D eigenvalue weighted by Crippen LogP contribution is -2.42. The standard InChI is InChI=1S/C17H26N2O2/c20-15-9-13(10-19(15)14-3-1-2-4-14)17(21)18-16(11-5-6-11)12-7-8-12/h11-14,16H,1-10H2,(H,18,21)/t13-/m0/s1. The number of nitrogens with one attached hydrogen (secondary N) is 1. The molecule has 0 radical (unpaired) electrons. The van der Waals surface area contributed by atoms with Gasteiger partial charge in [0.05, 0.1) is 5.92 Å². The molecule has 0 spiro atoms. The lowest BCUT2D eigenvalue weighted by atomic mass is 10.0. The van der Waals surface area contributed by atoms with Gasteiger partial charge in [0.25, 0.3) is 0 Å². The van der Waals surface area contributed by atoms with E-state index in [1.54, 1.807) is 0 Å². The molecule has 0 aromatic heterocycles. The van der Waals surface area contributed by atoms with Crippen molar-refractivity contribution in [1.82, 2.24) is 10.2 Å². The molecule has 1 aliphatic heterocycles. The Balaban J connectivity index is 1.35. The van der Waals surface area contributed by atoms with Crippen LogP contribution in [0.25, 0.3) is 0 Å². The van der Waals surface area contributed by atoms with Crippen LogP contribution in [0.4, 0.5) is 0 Å². The molecule has 3 aliphatic carbocycles. The summed E-state index contributed by atoms with van der Waals surface area (Å²) in [6.45, 7) is 0.664. The van der Waals surface area contributed by atoms with Gasteiger partial charge in [0, 0.05) is 25.0 Å². The summed E-state index contributed by atoms with van der Waals surface area (Å²) >= 11 is 0. The van der Waals surface area contributed by atoms with Crippen LogP contribution in [-0.2, 0) is 9.59 Å². The number of rotatable bonds is 5. The summed E-state index contributed by atoms with van der Waals surface area (Å²) in [6, 6.07) is 0.825. The monoisotopic (exact) mass is 290 g/mol. The molecule has 0 bridgehead atoms. The van der Waals surface area contributed by atoms with Gasteiger partial charge in [-0.25, -0.2) is 0 Å². The molecule has 1 heterocycles. The summed E-state index contributed by atoms with van der Waals surface area (Å²) in [5.41, 5.74) is 0. The van der Waals surface area contributed by atoms with E-state index in [9.17, 15) is 9.59 Å². The van der Waals surface area contributed by atoms with Gasteiger partial charge in [0.15, 0.2) is 0 Å². The highest BCUT2D eigenvalue weighted by Gasteiger charge is 2.44. The maximum Gasteiger partial charge on any atom is 0.225 e.